The van der Waals surface area contributed by atoms with Crippen LogP contribution in [0, 0.1) is 40.4 Å². The van der Waals surface area contributed by atoms with Gasteiger partial charge < -0.3 is 0 Å². The third-order valence-electron chi connectivity index (χ3n) is 0. The van der Waals surface area contributed by atoms with E-state index >= 15 is 0 Å². The van der Waals surface area contributed by atoms with Crippen molar-refractivity contribution >= 4 is 14.5 Å². The predicted molar refractivity (Wildman–Crippen MR) is 6.44 cm³/mol. The molecular formula is AsO4Pm. The maximum atomic E-state index is 8.61. The van der Waals surface area contributed by atoms with Crippen molar-refractivity contribution < 1.29 is 56.4 Å². The Balaban J connectivity index is 0. The first-order valence-corrected chi connectivity index (χ1v) is 3.79. The standard InChI is InChI=1S/AsH3O4.Pm/c2-1(3,4)5;/h(H3,2,3,4,5);/q;+3/p-3. The van der Waals surface area contributed by atoms with Crippen molar-refractivity contribution in [2.75, 3.05) is 0 Å². The summed E-state index contributed by atoms with van der Waals surface area (Å²) in [4.78, 5) is 0. The molecule has 0 saturated carbocycles. The zero-order valence-corrected chi connectivity index (χ0v) is 7.27. The van der Waals surface area contributed by atoms with Crippen LogP contribution in [0.3, 0.4) is 0 Å². The van der Waals surface area contributed by atoms with Gasteiger partial charge in [-0.25, -0.2) is 0 Å². The van der Waals surface area contributed by atoms with Crippen molar-refractivity contribution in [1.82, 2.24) is 0 Å². The third-order valence-corrected chi connectivity index (χ3v) is 0. The summed E-state index contributed by atoms with van der Waals surface area (Å²) in [7, 11) is 0. The van der Waals surface area contributed by atoms with Crippen LogP contribution in [0.5, 0.6) is 0 Å². The fourth-order valence-electron chi connectivity index (χ4n) is 0. The molecule has 0 heterocycles. The molecule has 0 aromatic rings. The van der Waals surface area contributed by atoms with Gasteiger partial charge in [0.2, 0.25) is 0 Å². The maximum Gasteiger partial charge on any atom is 3.00 e. The van der Waals surface area contributed by atoms with Crippen molar-refractivity contribution in [2.24, 2.45) is 0 Å². The van der Waals surface area contributed by atoms with Crippen LogP contribution in [0.15, 0.2) is 0 Å². The van der Waals surface area contributed by atoms with Crippen LogP contribution in [0.1, 0.15) is 0 Å². The summed E-state index contributed by atoms with van der Waals surface area (Å²) in [5, 5.41) is 0. The molecule has 0 unspecified atom stereocenters. The van der Waals surface area contributed by atoms with Crippen molar-refractivity contribution in [3.63, 3.8) is 0 Å². The monoisotopic (exact) mass is 284 g/mol. The van der Waals surface area contributed by atoms with Gasteiger partial charge >= 0.3 is 70.9 Å². The van der Waals surface area contributed by atoms with Gasteiger partial charge in [-0.2, -0.15) is 0 Å². The maximum absolute atomic E-state index is 8.61. The molecule has 0 amide bonds. The van der Waals surface area contributed by atoms with Crippen LogP contribution in [0.25, 0.3) is 0 Å². The second-order valence-electron chi connectivity index (χ2n) is 0.447. The Hall–Kier alpha value is 1.58. The first-order valence-electron chi connectivity index (χ1n) is 0.730. The van der Waals surface area contributed by atoms with E-state index in [4.69, 9.17) is 16.0 Å². The molecule has 0 N–H and O–H groups in total. The minimum Gasteiger partial charge on any atom is 3.00 e. The Morgan fingerprint density at radius 2 is 1.17 bits per heavy atom. The van der Waals surface area contributed by atoms with Crippen LogP contribution in [-0.2, 0) is 3.74 Å². The molecule has 6 heteroatoms. The topological polar surface area (TPSA) is 86.2 Å². The molecular weight excluding hydrogens is 284 g/mol. The molecule has 0 aromatic heterocycles. The largest absolute Gasteiger partial charge is 3.00 e. The Kier molecular flexibility index (Phi) is 6.26. The summed E-state index contributed by atoms with van der Waals surface area (Å²) < 4.78 is 34.4. The van der Waals surface area contributed by atoms with Crippen LogP contribution in [-0.4, -0.2) is 14.5 Å². The Labute approximate surface area is 70.0 Å². The fourth-order valence-corrected chi connectivity index (χ4v) is 0. The van der Waals surface area contributed by atoms with E-state index in [1.807, 2.05) is 0 Å². The molecule has 6 heavy (non-hydrogen) atoms. The third kappa shape index (κ3) is 47.0. The van der Waals surface area contributed by atoms with Crippen molar-refractivity contribution in [2.45, 2.75) is 0 Å². The molecule has 0 aliphatic rings. The first-order chi connectivity index (χ1) is 2.00. The van der Waals surface area contributed by atoms with Crippen LogP contribution >= 0.6 is 0 Å². The molecule has 0 spiro atoms. The zero-order valence-electron chi connectivity index (χ0n) is 2.53. The normalized spacial score (nSPS) is 9.83. The van der Waals surface area contributed by atoms with E-state index in [9.17, 15) is 0 Å². The Morgan fingerprint density at radius 1 is 1.17 bits per heavy atom. The summed E-state index contributed by atoms with van der Waals surface area (Å²) in [6, 6.07) is 0. The molecule has 4 nitrogen and oxygen atoms in total. The number of hydrogen-bond donors (Lipinski definition) is 0. The molecule has 0 rings (SSSR count). The first kappa shape index (κ1) is 10.5. The van der Waals surface area contributed by atoms with Crippen LogP contribution < -0.4 is 12.3 Å². The quantitative estimate of drug-likeness (QED) is 0.423. The van der Waals surface area contributed by atoms with E-state index < -0.39 is 14.5 Å². The van der Waals surface area contributed by atoms with E-state index in [2.05, 4.69) is 0 Å². The van der Waals surface area contributed by atoms with E-state index in [1.165, 1.54) is 0 Å². The number of hydrogen-bond acceptors (Lipinski definition) is 4. The molecule has 0 aliphatic heterocycles. The van der Waals surface area contributed by atoms with Gasteiger partial charge in [0.05, 0.1) is 0 Å². The molecule has 0 bridgehead atoms. The number of rotatable bonds is 0. The van der Waals surface area contributed by atoms with Gasteiger partial charge in [-0.3, -0.25) is 0 Å². The van der Waals surface area contributed by atoms with Gasteiger partial charge in [0.25, 0.3) is 0 Å². The Bertz CT molecular complexity index is 53.7. The summed E-state index contributed by atoms with van der Waals surface area (Å²) in [5.74, 6) is 0. The van der Waals surface area contributed by atoms with Gasteiger partial charge in [0.1, 0.15) is 0 Å². The summed E-state index contributed by atoms with van der Waals surface area (Å²) in [6.45, 7) is 0. The second kappa shape index (κ2) is 3.56. The summed E-state index contributed by atoms with van der Waals surface area (Å²) in [6.07, 6.45) is 0. The fraction of sp³-hybridized carbons (Fsp3) is 0. The van der Waals surface area contributed by atoms with Gasteiger partial charge in [0, 0.05) is 0 Å². The molecule has 0 aliphatic carbocycles. The van der Waals surface area contributed by atoms with Gasteiger partial charge in [-0.15, -0.1) is 0 Å². The minimum atomic E-state index is -5.88. The second-order valence-corrected chi connectivity index (χ2v) is 2.32. The van der Waals surface area contributed by atoms with Crippen molar-refractivity contribution in [3.05, 3.63) is 0 Å². The van der Waals surface area contributed by atoms with Crippen LogP contribution in [0.4, 0.5) is 0 Å². The molecule has 0 fully saturated rings. The minimum absolute atomic E-state index is 0. The molecule has 34 valence electrons. The van der Waals surface area contributed by atoms with E-state index in [1.54, 1.807) is 0 Å². The summed E-state index contributed by atoms with van der Waals surface area (Å²) >= 11 is -5.88. The van der Waals surface area contributed by atoms with E-state index in [-0.39, 0.29) is 40.4 Å². The van der Waals surface area contributed by atoms with Crippen LogP contribution in [0.2, 0.25) is 0 Å². The van der Waals surface area contributed by atoms with Crippen molar-refractivity contribution in [1.29, 1.82) is 0 Å². The molecule has 0 radical (unpaired) electrons. The van der Waals surface area contributed by atoms with E-state index in [0.717, 1.165) is 0 Å². The van der Waals surface area contributed by atoms with Gasteiger partial charge in [-0.1, -0.05) is 0 Å². The van der Waals surface area contributed by atoms with E-state index in [0.29, 0.717) is 0 Å². The van der Waals surface area contributed by atoms with Gasteiger partial charge in [-0.05, 0) is 0 Å². The predicted octanol–water partition coefficient (Wildman–Crippen LogP) is -4.07. The van der Waals surface area contributed by atoms with Crippen molar-refractivity contribution in [3.8, 4) is 0 Å². The van der Waals surface area contributed by atoms with Gasteiger partial charge in [0.15, 0.2) is 0 Å². The SMILES string of the molecule is O=[As]([O-])([O-])[O-].[Pm+3]. The summed E-state index contributed by atoms with van der Waals surface area (Å²) in [5.41, 5.74) is 0. The molecule has 0 saturated heterocycles. The average molecular weight is 284 g/mol. The molecule has 0 atom stereocenters. The zero-order chi connectivity index (χ0) is 4.50. The average Bonchev–Trinajstić information content (AvgIpc) is 0.722. The Morgan fingerprint density at radius 3 is 1.17 bits per heavy atom. The molecule has 0 aromatic carbocycles. The smallest absolute Gasteiger partial charge is 3.00 e.